The summed E-state index contributed by atoms with van der Waals surface area (Å²) in [5.41, 5.74) is 5.81. The average molecular weight is 153 g/mol. The molecule has 0 bridgehead atoms. The van der Waals surface area contributed by atoms with Gasteiger partial charge in [-0.25, -0.2) is 0 Å². The van der Waals surface area contributed by atoms with Crippen molar-refractivity contribution in [2.75, 3.05) is 20.1 Å². The van der Waals surface area contributed by atoms with Gasteiger partial charge in [0.25, 0.3) is 0 Å². The van der Waals surface area contributed by atoms with Crippen molar-refractivity contribution in [3.8, 4) is 6.07 Å². The maximum absolute atomic E-state index is 8.48. The van der Waals surface area contributed by atoms with Crippen molar-refractivity contribution in [2.45, 2.75) is 24.8 Å². The molecule has 1 saturated carbocycles. The highest BCUT2D eigenvalue weighted by molar-refractivity contribution is 4.99. The first-order chi connectivity index (χ1) is 5.25. The van der Waals surface area contributed by atoms with Crippen molar-refractivity contribution >= 4 is 0 Å². The predicted molar refractivity (Wildman–Crippen MR) is 43.9 cm³/mol. The van der Waals surface area contributed by atoms with Gasteiger partial charge in [0.05, 0.1) is 12.6 Å². The lowest BCUT2D eigenvalue weighted by Crippen LogP contribution is -2.56. The summed E-state index contributed by atoms with van der Waals surface area (Å²) in [4.78, 5) is 2.08. The van der Waals surface area contributed by atoms with Crippen LogP contribution in [-0.2, 0) is 0 Å². The van der Waals surface area contributed by atoms with E-state index in [1.54, 1.807) is 0 Å². The fourth-order valence-corrected chi connectivity index (χ4v) is 1.60. The Labute approximate surface area is 67.8 Å². The second-order valence-corrected chi connectivity index (χ2v) is 3.30. The minimum absolute atomic E-state index is 0.162. The van der Waals surface area contributed by atoms with E-state index in [1.807, 2.05) is 7.05 Å². The van der Waals surface area contributed by atoms with Crippen LogP contribution in [0.1, 0.15) is 19.3 Å². The molecule has 3 nitrogen and oxygen atoms in total. The molecule has 11 heavy (non-hydrogen) atoms. The molecule has 0 aliphatic heterocycles. The highest BCUT2D eigenvalue weighted by Crippen LogP contribution is 2.35. The van der Waals surface area contributed by atoms with Gasteiger partial charge in [-0.15, -0.1) is 0 Å². The maximum atomic E-state index is 8.48. The van der Waals surface area contributed by atoms with E-state index in [2.05, 4.69) is 11.0 Å². The average Bonchev–Trinajstić information content (AvgIpc) is 1.87. The monoisotopic (exact) mass is 153 g/mol. The van der Waals surface area contributed by atoms with Crippen LogP contribution < -0.4 is 5.73 Å². The fourth-order valence-electron chi connectivity index (χ4n) is 1.60. The molecule has 1 aliphatic rings. The topological polar surface area (TPSA) is 53.0 Å². The first-order valence-corrected chi connectivity index (χ1v) is 4.03. The van der Waals surface area contributed by atoms with Crippen molar-refractivity contribution in [1.29, 1.82) is 5.26 Å². The molecule has 2 N–H and O–H groups in total. The van der Waals surface area contributed by atoms with Crippen LogP contribution >= 0.6 is 0 Å². The second-order valence-electron chi connectivity index (χ2n) is 3.30. The molecule has 0 atom stereocenters. The van der Waals surface area contributed by atoms with Crippen LogP contribution in [0.3, 0.4) is 0 Å². The van der Waals surface area contributed by atoms with E-state index in [0.717, 1.165) is 12.8 Å². The molecule has 0 aromatic heterocycles. The van der Waals surface area contributed by atoms with Gasteiger partial charge in [-0.05, 0) is 26.3 Å². The summed E-state index contributed by atoms with van der Waals surface area (Å²) in [7, 11) is 1.98. The van der Waals surface area contributed by atoms with E-state index >= 15 is 0 Å². The van der Waals surface area contributed by atoms with Gasteiger partial charge in [0.1, 0.15) is 0 Å². The summed E-state index contributed by atoms with van der Waals surface area (Å²) in [5, 5.41) is 8.48. The number of hydrogen-bond donors (Lipinski definition) is 1. The molecule has 62 valence electrons. The Balaban J connectivity index is 2.48. The first-order valence-electron chi connectivity index (χ1n) is 4.03. The Morgan fingerprint density at radius 1 is 1.64 bits per heavy atom. The number of nitrogens with two attached hydrogens (primary N) is 1. The van der Waals surface area contributed by atoms with Crippen molar-refractivity contribution in [3.05, 3.63) is 0 Å². The molecule has 0 heterocycles. The van der Waals surface area contributed by atoms with Crippen LogP contribution in [0.15, 0.2) is 0 Å². The van der Waals surface area contributed by atoms with E-state index in [4.69, 9.17) is 11.0 Å². The molecular weight excluding hydrogens is 138 g/mol. The largest absolute Gasteiger partial charge is 0.329 e. The molecule has 0 spiro atoms. The van der Waals surface area contributed by atoms with Gasteiger partial charge in [-0.1, -0.05) is 0 Å². The van der Waals surface area contributed by atoms with Crippen LogP contribution in [0.4, 0.5) is 0 Å². The summed E-state index contributed by atoms with van der Waals surface area (Å²) >= 11 is 0. The molecule has 3 heteroatoms. The van der Waals surface area contributed by atoms with Gasteiger partial charge in [-0.3, -0.25) is 4.90 Å². The number of rotatable bonds is 3. The summed E-state index contributed by atoms with van der Waals surface area (Å²) in [6, 6.07) is 2.15. The molecule has 0 radical (unpaired) electrons. The lowest BCUT2D eigenvalue weighted by molar-refractivity contribution is 0.0578. The van der Waals surface area contributed by atoms with Crippen molar-refractivity contribution in [1.82, 2.24) is 4.90 Å². The van der Waals surface area contributed by atoms with E-state index in [9.17, 15) is 0 Å². The molecule has 1 aliphatic carbocycles. The third kappa shape index (κ3) is 1.37. The smallest absolute Gasteiger partial charge is 0.0868 e. The summed E-state index contributed by atoms with van der Waals surface area (Å²) in [5.74, 6) is 0. The molecule has 0 aromatic rings. The van der Waals surface area contributed by atoms with E-state index < -0.39 is 0 Å². The zero-order valence-corrected chi connectivity index (χ0v) is 7.01. The van der Waals surface area contributed by atoms with Crippen LogP contribution in [0.25, 0.3) is 0 Å². The van der Waals surface area contributed by atoms with Gasteiger partial charge >= 0.3 is 0 Å². The molecule has 0 saturated heterocycles. The Hall–Kier alpha value is -0.590. The zero-order chi connectivity index (χ0) is 8.32. The summed E-state index contributed by atoms with van der Waals surface area (Å²) in [6.07, 6.45) is 3.57. The first kappa shape index (κ1) is 8.51. The van der Waals surface area contributed by atoms with Crippen molar-refractivity contribution in [3.63, 3.8) is 0 Å². The predicted octanol–water partition coefficient (Wildman–Crippen LogP) is 0.323. The van der Waals surface area contributed by atoms with Gasteiger partial charge in [0.2, 0.25) is 0 Å². The number of nitrogens with zero attached hydrogens (tertiary/aromatic N) is 2. The van der Waals surface area contributed by atoms with Crippen molar-refractivity contribution < 1.29 is 0 Å². The molecule has 0 unspecified atom stereocenters. The summed E-state index contributed by atoms with van der Waals surface area (Å²) in [6.45, 7) is 1.18. The third-order valence-corrected chi connectivity index (χ3v) is 2.78. The van der Waals surface area contributed by atoms with Gasteiger partial charge in [0, 0.05) is 12.1 Å². The molecule has 1 rings (SSSR count). The fraction of sp³-hybridized carbons (Fsp3) is 0.875. The maximum Gasteiger partial charge on any atom is 0.0868 e. The SMILES string of the molecule is CN(CC#N)C1(CN)CCC1. The van der Waals surface area contributed by atoms with Crippen LogP contribution in [-0.4, -0.2) is 30.6 Å². The van der Waals surface area contributed by atoms with Gasteiger partial charge < -0.3 is 5.73 Å². The molecular formula is C8H15N3. The standard InChI is InChI=1S/C8H15N3/c1-11(6-5-9)8(7-10)3-2-4-8/h2-4,6-7,10H2,1H3. The highest BCUT2D eigenvalue weighted by atomic mass is 15.2. The van der Waals surface area contributed by atoms with Crippen LogP contribution in [0.2, 0.25) is 0 Å². The Bertz CT molecular complexity index is 161. The van der Waals surface area contributed by atoms with Crippen molar-refractivity contribution in [2.24, 2.45) is 5.73 Å². The summed E-state index contributed by atoms with van der Waals surface area (Å²) < 4.78 is 0. The third-order valence-electron chi connectivity index (χ3n) is 2.78. The minimum atomic E-state index is 0.162. The zero-order valence-electron chi connectivity index (χ0n) is 7.01. The number of nitriles is 1. The number of likely N-dealkylation sites (N-methyl/N-ethyl adjacent to an activating group) is 1. The second kappa shape index (κ2) is 3.21. The van der Waals surface area contributed by atoms with Gasteiger partial charge in [-0.2, -0.15) is 5.26 Å². The molecule has 0 amide bonds. The lowest BCUT2D eigenvalue weighted by Gasteiger charge is -2.47. The molecule has 0 aromatic carbocycles. The quantitative estimate of drug-likeness (QED) is 0.594. The van der Waals surface area contributed by atoms with Gasteiger partial charge in [0.15, 0.2) is 0 Å². The number of hydrogen-bond acceptors (Lipinski definition) is 3. The van der Waals surface area contributed by atoms with Crippen LogP contribution in [0, 0.1) is 11.3 Å². The Morgan fingerprint density at radius 3 is 2.55 bits per heavy atom. The van der Waals surface area contributed by atoms with E-state index in [1.165, 1.54) is 6.42 Å². The Kier molecular flexibility index (Phi) is 2.48. The van der Waals surface area contributed by atoms with Crippen LogP contribution in [0.5, 0.6) is 0 Å². The highest BCUT2D eigenvalue weighted by Gasteiger charge is 2.38. The molecule has 1 fully saturated rings. The normalized spacial score (nSPS) is 20.9. The lowest BCUT2D eigenvalue weighted by atomic mass is 9.75. The minimum Gasteiger partial charge on any atom is -0.329 e. The van der Waals surface area contributed by atoms with E-state index in [0.29, 0.717) is 13.1 Å². The van der Waals surface area contributed by atoms with E-state index in [-0.39, 0.29) is 5.54 Å². The Morgan fingerprint density at radius 2 is 2.27 bits per heavy atom.